The molecule has 1 N–H and O–H groups in total. The van der Waals surface area contributed by atoms with Gasteiger partial charge in [0.05, 0.1) is 30.8 Å². The summed E-state index contributed by atoms with van der Waals surface area (Å²) >= 11 is 1.47. The Morgan fingerprint density at radius 3 is 2.60 bits per heavy atom. The van der Waals surface area contributed by atoms with Crippen LogP contribution >= 0.6 is 11.8 Å². The summed E-state index contributed by atoms with van der Waals surface area (Å²) in [5.74, 6) is 0.930. The highest BCUT2D eigenvalue weighted by atomic mass is 32.2. The van der Waals surface area contributed by atoms with Crippen molar-refractivity contribution in [1.82, 2.24) is 10.2 Å². The molecule has 2 heterocycles. The highest BCUT2D eigenvalue weighted by Crippen LogP contribution is 2.46. The van der Waals surface area contributed by atoms with Crippen LogP contribution in [0.5, 0.6) is 11.5 Å². The molecule has 3 aliphatic rings. The first-order valence-corrected chi connectivity index (χ1v) is 12.6. The van der Waals surface area contributed by atoms with Crippen LogP contribution in [0.2, 0.25) is 0 Å². The molecule has 1 unspecified atom stereocenters. The van der Waals surface area contributed by atoms with E-state index in [0.29, 0.717) is 23.4 Å². The number of methoxy groups -OCH3 is 1. The predicted molar refractivity (Wildman–Crippen MR) is 136 cm³/mol. The van der Waals surface area contributed by atoms with Crippen molar-refractivity contribution in [3.63, 3.8) is 0 Å². The largest absolute Gasteiger partial charge is 0.466 e. The summed E-state index contributed by atoms with van der Waals surface area (Å²) in [6, 6.07) is 17.0. The molecular formula is C27H27N3O4S. The van der Waals surface area contributed by atoms with Crippen molar-refractivity contribution in [2.45, 2.75) is 44.7 Å². The topological polar surface area (TPSA) is 80.2 Å². The number of amidine groups is 1. The number of thioether (sulfide) groups is 1. The third kappa shape index (κ3) is 4.98. The molecule has 1 atom stereocenters. The van der Waals surface area contributed by atoms with Gasteiger partial charge >= 0.3 is 5.97 Å². The number of rotatable bonds is 8. The lowest BCUT2D eigenvalue weighted by atomic mass is 9.92. The minimum Gasteiger partial charge on any atom is -0.466 e. The van der Waals surface area contributed by atoms with Crippen molar-refractivity contribution >= 4 is 28.8 Å². The highest BCUT2D eigenvalue weighted by Gasteiger charge is 2.41. The summed E-state index contributed by atoms with van der Waals surface area (Å²) in [5, 5.41) is 5.76. The summed E-state index contributed by atoms with van der Waals surface area (Å²) < 4.78 is 11.3. The molecule has 0 saturated heterocycles. The van der Waals surface area contributed by atoms with Gasteiger partial charge in [-0.3, -0.25) is 4.79 Å². The van der Waals surface area contributed by atoms with Crippen LogP contribution in [0.25, 0.3) is 0 Å². The lowest BCUT2D eigenvalue weighted by Gasteiger charge is -2.36. The zero-order chi connectivity index (χ0) is 24.4. The van der Waals surface area contributed by atoms with Crippen molar-refractivity contribution in [3.05, 3.63) is 82.5 Å². The zero-order valence-corrected chi connectivity index (χ0v) is 20.5. The van der Waals surface area contributed by atoms with E-state index >= 15 is 0 Å². The first-order chi connectivity index (χ1) is 17.1. The summed E-state index contributed by atoms with van der Waals surface area (Å²) in [7, 11) is 1.38. The van der Waals surface area contributed by atoms with Gasteiger partial charge in [0.25, 0.3) is 0 Å². The molecule has 0 aromatic heterocycles. The van der Waals surface area contributed by atoms with Gasteiger partial charge in [0.1, 0.15) is 11.5 Å². The van der Waals surface area contributed by atoms with Crippen LogP contribution in [0.4, 0.5) is 0 Å². The smallest absolute Gasteiger partial charge is 0.338 e. The van der Waals surface area contributed by atoms with Gasteiger partial charge in [-0.05, 0) is 54.5 Å². The number of esters is 1. The van der Waals surface area contributed by atoms with E-state index in [1.165, 1.54) is 18.9 Å². The minimum absolute atomic E-state index is 0.0228. The van der Waals surface area contributed by atoms with Crippen molar-refractivity contribution in [3.8, 4) is 11.5 Å². The number of nitrogens with zero attached hydrogens (tertiary/aromatic N) is 2. The van der Waals surface area contributed by atoms with Crippen LogP contribution in [0.3, 0.4) is 0 Å². The quantitative estimate of drug-likeness (QED) is 0.508. The first kappa shape index (κ1) is 23.2. The van der Waals surface area contributed by atoms with Gasteiger partial charge in [-0.15, -0.1) is 0 Å². The number of hydrogen-bond acceptors (Lipinski definition) is 7. The third-order valence-electron chi connectivity index (χ3n) is 6.07. The second-order valence-corrected chi connectivity index (χ2v) is 9.44. The maximum Gasteiger partial charge on any atom is 0.338 e. The maximum atomic E-state index is 13.1. The fourth-order valence-electron chi connectivity index (χ4n) is 4.27. The van der Waals surface area contributed by atoms with Crippen LogP contribution in [0.15, 0.2) is 82.0 Å². The van der Waals surface area contributed by atoms with Gasteiger partial charge in [0.2, 0.25) is 5.91 Å². The lowest BCUT2D eigenvalue weighted by molar-refractivity contribution is -0.136. The Labute approximate surface area is 208 Å². The number of carbonyl (C=O) groups excluding carboxylic acids is 2. The van der Waals surface area contributed by atoms with Crippen molar-refractivity contribution in [1.29, 1.82) is 0 Å². The molecule has 1 aliphatic carbocycles. The van der Waals surface area contributed by atoms with Crippen molar-refractivity contribution in [2.75, 3.05) is 7.11 Å². The van der Waals surface area contributed by atoms with E-state index in [0.717, 1.165) is 35.0 Å². The van der Waals surface area contributed by atoms with Gasteiger partial charge in [-0.1, -0.05) is 49.0 Å². The number of aliphatic imine (C=N–C) groups is 1. The van der Waals surface area contributed by atoms with Crippen LogP contribution in [0.1, 0.15) is 44.2 Å². The zero-order valence-electron chi connectivity index (χ0n) is 19.7. The SMILES string of the molecule is CCC1=C(C(=O)OC)C(c2cccc(Oc3ccccc3)c2)N2C(CC(=O)NC3CC3)=CSC2=N1. The maximum absolute atomic E-state index is 13.1. The van der Waals surface area contributed by atoms with E-state index in [1.54, 1.807) is 0 Å². The molecule has 1 saturated carbocycles. The average molecular weight is 490 g/mol. The molecule has 2 aromatic rings. The van der Waals surface area contributed by atoms with Gasteiger partial charge in [0, 0.05) is 11.7 Å². The Bertz CT molecular complexity index is 1230. The van der Waals surface area contributed by atoms with E-state index in [4.69, 9.17) is 14.5 Å². The Morgan fingerprint density at radius 1 is 1.11 bits per heavy atom. The number of allylic oxidation sites excluding steroid dienone is 1. The van der Waals surface area contributed by atoms with E-state index < -0.39 is 12.0 Å². The molecular weight excluding hydrogens is 462 g/mol. The summed E-state index contributed by atoms with van der Waals surface area (Å²) in [6.07, 6.45) is 2.86. The summed E-state index contributed by atoms with van der Waals surface area (Å²) in [6.45, 7) is 1.97. The molecule has 2 aromatic carbocycles. The number of hydrogen-bond donors (Lipinski definition) is 1. The summed E-state index contributed by atoms with van der Waals surface area (Å²) in [5.41, 5.74) is 2.83. The van der Waals surface area contributed by atoms with E-state index in [-0.39, 0.29) is 18.4 Å². The molecule has 1 fully saturated rings. The second-order valence-electron chi connectivity index (χ2n) is 8.61. The Morgan fingerprint density at radius 2 is 1.89 bits per heavy atom. The number of carbonyl (C=O) groups is 2. The number of fused-ring (bicyclic) bond motifs is 1. The Kier molecular flexibility index (Phi) is 6.63. The minimum atomic E-state index is -0.487. The number of para-hydroxylation sites is 1. The van der Waals surface area contributed by atoms with Crippen molar-refractivity contribution in [2.24, 2.45) is 4.99 Å². The first-order valence-electron chi connectivity index (χ1n) is 11.7. The highest BCUT2D eigenvalue weighted by molar-refractivity contribution is 8.16. The molecule has 180 valence electrons. The standard InChI is InChI=1S/C27H27N3O4S/c1-3-22-24(26(32)33-2)25(17-8-7-11-21(14-17)34-20-9-5-4-6-10-20)30-19(16-35-27(30)29-22)15-23(31)28-18-12-13-18/h4-11,14,16,18,25H,3,12-13,15H2,1-2H3,(H,28,31). The van der Waals surface area contributed by atoms with Gasteiger partial charge < -0.3 is 19.7 Å². The average Bonchev–Trinajstić information content (AvgIpc) is 3.61. The third-order valence-corrected chi connectivity index (χ3v) is 6.95. The number of amides is 1. The number of benzene rings is 2. The molecule has 0 bridgehead atoms. The fourth-order valence-corrected chi connectivity index (χ4v) is 5.21. The molecule has 2 aliphatic heterocycles. The van der Waals surface area contributed by atoms with Gasteiger partial charge in [-0.25, -0.2) is 9.79 Å². The van der Waals surface area contributed by atoms with E-state index in [1.807, 2.05) is 71.8 Å². The van der Waals surface area contributed by atoms with Crippen LogP contribution < -0.4 is 10.1 Å². The normalized spacial score (nSPS) is 19.0. The van der Waals surface area contributed by atoms with Gasteiger partial charge in [-0.2, -0.15) is 0 Å². The molecule has 1 amide bonds. The number of nitrogens with one attached hydrogen (secondary N) is 1. The fraction of sp³-hybridized carbons (Fsp3) is 0.296. The Hall–Kier alpha value is -3.52. The molecule has 5 rings (SSSR count). The molecule has 0 spiro atoms. The predicted octanol–water partition coefficient (Wildman–Crippen LogP) is 5.29. The molecule has 35 heavy (non-hydrogen) atoms. The molecule has 0 radical (unpaired) electrons. The van der Waals surface area contributed by atoms with Crippen LogP contribution in [0, 0.1) is 0 Å². The van der Waals surface area contributed by atoms with Crippen molar-refractivity contribution < 1.29 is 19.1 Å². The number of ether oxygens (including phenoxy) is 2. The van der Waals surface area contributed by atoms with E-state index in [2.05, 4.69) is 5.32 Å². The molecule has 8 heteroatoms. The lowest BCUT2D eigenvalue weighted by Crippen LogP contribution is -2.38. The van der Waals surface area contributed by atoms with Crippen LogP contribution in [-0.2, 0) is 14.3 Å². The van der Waals surface area contributed by atoms with Crippen LogP contribution in [-0.4, -0.2) is 35.1 Å². The summed E-state index contributed by atoms with van der Waals surface area (Å²) in [4.78, 5) is 32.5. The van der Waals surface area contributed by atoms with E-state index in [9.17, 15) is 9.59 Å². The monoisotopic (exact) mass is 489 g/mol. The van der Waals surface area contributed by atoms with Gasteiger partial charge in [0.15, 0.2) is 5.17 Å². The Balaban J connectivity index is 1.53. The molecule has 7 nitrogen and oxygen atoms in total. The second kappa shape index (κ2) is 10.00.